The first kappa shape index (κ1) is 10.6. The average molecular weight is 196 g/mol. The lowest BCUT2D eigenvalue weighted by Crippen LogP contribution is -2.00. The van der Waals surface area contributed by atoms with Crippen LogP contribution in [0.3, 0.4) is 0 Å². The van der Waals surface area contributed by atoms with Crippen molar-refractivity contribution in [3.05, 3.63) is 30.3 Å². The van der Waals surface area contributed by atoms with Gasteiger partial charge in [0.25, 0.3) is 0 Å². The molecule has 0 radical (unpaired) electrons. The maximum absolute atomic E-state index is 8.72. The Bertz CT molecular complexity index is 223. The molecular formula is C11H16OS. The highest BCUT2D eigenvalue weighted by Crippen LogP contribution is 2.20. The van der Waals surface area contributed by atoms with Gasteiger partial charge in [-0.25, -0.2) is 0 Å². The van der Waals surface area contributed by atoms with Gasteiger partial charge in [-0.2, -0.15) is 0 Å². The highest BCUT2D eigenvalue weighted by atomic mass is 32.2. The van der Waals surface area contributed by atoms with Crippen molar-refractivity contribution in [2.75, 3.05) is 12.4 Å². The number of rotatable bonds is 5. The zero-order chi connectivity index (χ0) is 9.52. The predicted octanol–water partition coefficient (Wildman–Crippen LogP) is 2.80. The molecule has 0 amide bonds. The molecule has 0 saturated carbocycles. The van der Waals surface area contributed by atoms with Gasteiger partial charge in [-0.1, -0.05) is 25.1 Å². The monoisotopic (exact) mass is 196 g/mol. The largest absolute Gasteiger partial charge is 0.396 e. The molecule has 0 aliphatic carbocycles. The van der Waals surface area contributed by atoms with Gasteiger partial charge in [-0.3, -0.25) is 0 Å². The van der Waals surface area contributed by atoms with Crippen molar-refractivity contribution in [3.8, 4) is 0 Å². The van der Waals surface area contributed by atoms with Crippen LogP contribution in [-0.2, 0) is 0 Å². The van der Waals surface area contributed by atoms with Crippen molar-refractivity contribution in [2.24, 2.45) is 5.92 Å². The molecule has 1 aromatic carbocycles. The molecule has 0 bridgehead atoms. The molecular weight excluding hydrogens is 180 g/mol. The quantitative estimate of drug-likeness (QED) is 0.731. The van der Waals surface area contributed by atoms with Crippen molar-refractivity contribution in [1.82, 2.24) is 0 Å². The van der Waals surface area contributed by atoms with Gasteiger partial charge >= 0.3 is 0 Å². The number of hydrogen-bond donors (Lipinski definition) is 1. The lowest BCUT2D eigenvalue weighted by Gasteiger charge is -2.08. The van der Waals surface area contributed by atoms with Gasteiger partial charge in [0.05, 0.1) is 0 Å². The summed E-state index contributed by atoms with van der Waals surface area (Å²) in [6.07, 6.45) is 0.903. The number of aliphatic hydroxyl groups excluding tert-OH is 1. The molecule has 0 fully saturated rings. The second-order valence-electron chi connectivity index (χ2n) is 3.24. The molecule has 1 nitrogen and oxygen atoms in total. The number of benzene rings is 1. The van der Waals surface area contributed by atoms with Gasteiger partial charge in [0.1, 0.15) is 0 Å². The predicted molar refractivity (Wildman–Crippen MR) is 58.0 cm³/mol. The Balaban J connectivity index is 2.27. The van der Waals surface area contributed by atoms with Gasteiger partial charge in [0.15, 0.2) is 0 Å². The van der Waals surface area contributed by atoms with Crippen molar-refractivity contribution in [1.29, 1.82) is 0 Å². The topological polar surface area (TPSA) is 20.2 Å². The van der Waals surface area contributed by atoms with E-state index in [2.05, 4.69) is 31.2 Å². The Morgan fingerprint density at radius 3 is 2.62 bits per heavy atom. The van der Waals surface area contributed by atoms with E-state index in [-0.39, 0.29) is 0 Å². The Labute approximate surface area is 84.2 Å². The molecule has 0 unspecified atom stereocenters. The second-order valence-corrected chi connectivity index (χ2v) is 4.33. The van der Waals surface area contributed by atoms with Gasteiger partial charge < -0.3 is 5.11 Å². The van der Waals surface area contributed by atoms with Crippen molar-refractivity contribution in [2.45, 2.75) is 18.2 Å². The molecule has 0 aliphatic rings. The summed E-state index contributed by atoms with van der Waals surface area (Å²) in [7, 11) is 0. The first-order chi connectivity index (χ1) is 6.33. The minimum Gasteiger partial charge on any atom is -0.396 e. The maximum atomic E-state index is 8.72. The molecule has 72 valence electrons. The van der Waals surface area contributed by atoms with Crippen LogP contribution >= 0.6 is 11.8 Å². The van der Waals surface area contributed by atoms with Gasteiger partial charge in [0.2, 0.25) is 0 Å². The summed E-state index contributed by atoms with van der Waals surface area (Å²) in [6, 6.07) is 10.4. The highest BCUT2D eigenvalue weighted by Gasteiger charge is 2.01. The molecule has 0 aromatic heterocycles. The molecule has 1 atom stereocenters. The second kappa shape index (κ2) is 6.06. The number of thioether (sulfide) groups is 1. The van der Waals surface area contributed by atoms with Crippen LogP contribution in [0.1, 0.15) is 13.3 Å². The van der Waals surface area contributed by atoms with Crippen molar-refractivity contribution in [3.63, 3.8) is 0 Å². The minimum atomic E-state index is 0.302. The normalized spacial score (nSPS) is 12.8. The van der Waals surface area contributed by atoms with Crippen LogP contribution in [0.5, 0.6) is 0 Å². The third-order valence-electron chi connectivity index (χ3n) is 1.90. The summed E-state index contributed by atoms with van der Waals surface area (Å²) in [4.78, 5) is 1.31. The summed E-state index contributed by atoms with van der Waals surface area (Å²) < 4.78 is 0. The Kier molecular flexibility index (Phi) is 4.94. The zero-order valence-corrected chi connectivity index (χ0v) is 8.76. The van der Waals surface area contributed by atoms with Gasteiger partial charge in [-0.15, -0.1) is 11.8 Å². The zero-order valence-electron chi connectivity index (χ0n) is 7.94. The molecule has 1 aromatic rings. The Morgan fingerprint density at radius 2 is 2.00 bits per heavy atom. The van der Waals surface area contributed by atoms with E-state index in [1.165, 1.54) is 4.90 Å². The lowest BCUT2D eigenvalue weighted by molar-refractivity contribution is 0.269. The molecule has 1 N–H and O–H groups in total. The number of aliphatic hydroxyl groups is 1. The van der Waals surface area contributed by atoms with Crippen LogP contribution in [-0.4, -0.2) is 17.5 Å². The molecule has 0 saturated heterocycles. The van der Waals surface area contributed by atoms with E-state index in [1.807, 2.05) is 17.8 Å². The van der Waals surface area contributed by atoms with Crippen LogP contribution in [0.25, 0.3) is 0 Å². The molecule has 2 heteroatoms. The third kappa shape index (κ3) is 4.34. The molecule has 0 spiro atoms. The molecule has 0 aliphatic heterocycles. The van der Waals surface area contributed by atoms with E-state index in [0.29, 0.717) is 12.5 Å². The molecule has 0 heterocycles. The van der Waals surface area contributed by atoms with Gasteiger partial charge in [0, 0.05) is 17.3 Å². The Hall–Kier alpha value is -0.470. The summed E-state index contributed by atoms with van der Waals surface area (Å²) in [6.45, 7) is 2.47. The Morgan fingerprint density at radius 1 is 1.31 bits per heavy atom. The fraction of sp³-hybridized carbons (Fsp3) is 0.455. The van der Waals surface area contributed by atoms with Crippen molar-refractivity contribution < 1.29 is 5.11 Å². The summed E-state index contributed by atoms with van der Waals surface area (Å²) >= 11 is 1.86. The fourth-order valence-electron chi connectivity index (χ4n) is 1.06. The highest BCUT2D eigenvalue weighted by molar-refractivity contribution is 7.99. The average Bonchev–Trinajstić information content (AvgIpc) is 2.17. The number of hydrogen-bond acceptors (Lipinski definition) is 2. The van der Waals surface area contributed by atoms with Crippen LogP contribution in [0.4, 0.5) is 0 Å². The fourth-order valence-corrected chi connectivity index (χ4v) is 2.05. The van der Waals surface area contributed by atoms with E-state index in [4.69, 9.17) is 5.11 Å². The van der Waals surface area contributed by atoms with Crippen molar-refractivity contribution >= 4 is 11.8 Å². The minimum absolute atomic E-state index is 0.302. The van der Waals surface area contributed by atoms with E-state index < -0.39 is 0 Å². The van der Waals surface area contributed by atoms with E-state index in [1.54, 1.807) is 0 Å². The van der Waals surface area contributed by atoms with Gasteiger partial charge in [-0.05, 0) is 24.5 Å². The van der Waals surface area contributed by atoms with E-state index in [9.17, 15) is 0 Å². The first-order valence-electron chi connectivity index (χ1n) is 4.61. The summed E-state index contributed by atoms with van der Waals surface area (Å²) in [5.74, 6) is 1.68. The smallest absolute Gasteiger partial charge is 0.0433 e. The standard InChI is InChI=1S/C11H16OS/c1-10(7-8-12)9-13-11-5-3-2-4-6-11/h2-6,10,12H,7-9H2,1H3/t10-/m1/s1. The summed E-state index contributed by atoms with van der Waals surface area (Å²) in [5, 5.41) is 8.72. The maximum Gasteiger partial charge on any atom is 0.0433 e. The molecule has 13 heavy (non-hydrogen) atoms. The van der Waals surface area contributed by atoms with Crippen LogP contribution in [0.15, 0.2) is 35.2 Å². The van der Waals surface area contributed by atoms with Crippen LogP contribution in [0.2, 0.25) is 0 Å². The van der Waals surface area contributed by atoms with E-state index >= 15 is 0 Å². The first-order valence-corrected chi connectivity index (χ1v) is 5.60. The molecule has 1 rings (SSSR count). The van der Waals surface area contributed by atoms with Crippen LogP contribution < -0.4 is 0 Å². The van der Waals surface area contributed by atoms with E-state index in [0.717, 1.165) is 12.2 Å². The SMILES string of the molecule is C[C@H](CCO)CSc1ccccc1. The summed E-state index contributed by atoms with van der Waals surface area (Å²) in [5.41, 5.74) is 0. The lowest BCUT2D eigenvalue weighted by atomic mass is 10.1. The van der Waals surface area contributed by atoms with Crippen LogP contribution in [0, 0.1) is 5.92 Å². The third-order valence-corrected chi connectivity index (χ3v) is 3.24.